The Bertz CT molecular complexity index is 1490. The van der Waals surface area contributed by atoms with Gasteiger partial charge in [0, 0.05) is 28.9 Å². The van der Waals surface area contributed by atoms with Crippen molar-refractivity contribution >= 4 is 23.3 Å². The second kappa shape index (κ2) is 10.2. The van der Waals surface area contributed by atoms with Gasteiger partial charge in [0.1, 0.15) is 11.4 Å². The summed E-state index contributed by atoms with van der Waals surface area (Å²) >= 11 is 0. The van der Waals surface area contributed by atoms with Crippen LogP contribution in [0.25, 0.3) is 11.3 Å². The number of hydrogen-bond acceptors (Lipinski definition) is 7. The molecule has 0 aliphatic carbocycles. The fourth-order valence-corrected chi connectivity index (χ4v) is 4.58. The predicted molar refractivity (Wildman–Crippen MR) is 139 cm³/mol. The smallest absolute Gasteiger partial charge is 0.338 e. The lowest BCUT2D eigenvalue weighted by atomic mass is 9.95. The van der Waals surface area contributed by atoms with Crippen LogP contribution in [0.1, 0.15) is 51.9 Å². The highest BCUT2D eigenvalue weighted by Gasteiger charge is 2.43. The molecule has 0 saturated heterocycles. The Labute approximate surface area is 218 Å². The van der Waals surface area contributed by atoms with Gasteiger partial charge in [0.15, 0.2) is 0 Å². The summed E-state index contributed by atoms with van der Waals surface area (Å²) in [5.41, 5.74) is 3.89. The first-order chi connectivity index (χ1) is 18.4. The van der Waals surface area contributed by atoms with E-state index in [2.05, 4.69) is 10.2 Å². The van der Waals surface area contributed by atoms with Gasteiger partial charge in [-0.15, -0.1) is 0 Å². The van der Waals surface area contributed by atoms with Crippen LogP contribution in [0.2, 0.25) is 0 Å². The summed E-state index contributed by atoms with van der Waals surface area (Å²) in [5, 5.41) is 18.6. The molecule has 10 heteroatoms. The maximum absolute atomic E-state index is 13.7. The van der Waals surface area contributed by atoms with Gasteiger partial charge in [-0.3, -0.25) is 24.9 Å². The standard InChI is InChI=1S/C28H24N4O6/c1-3-37-22-15-9-17(10-16-22)24-23-25(30-29-24)27(33)31(20-11-7-19(8-12-20)28(34)38-4-2)26(23)18-5-13-21(14-6-18)32(35)36/h5-16,26H,3-4H2,1-2H3,(H,29,30)/t26-/m1/s1. The maximum atomic E-state index is 13.7. The molecule has 0 radical (unpaired) electrons. The minimum Gasteiger partial charge on any atom is -0.494 e. The van der Waals surface area contributed by atoms with Gasteiger partial charge in [-0.2, -0.15) is 5.10 Å². The average Bonchev–Trinajstić information content (AvgIpc) is 3.48. The first-order valence-corrected chi connectivity index (χ1v) is 12.1. The SMILES string of the molecule is CCOC(=O)c1ccc(N2C(=O)c3[nH]nc(-c4ccc(OCC)cc4)c3[C@H]2c2ccc([N+](=O)[O-])cc2)cc1. The third kappa shape index (κ3) is 4.36. The van der Waals surface area contributed by atoms with Gasteiger partial charge in [0.2, 0.25) is 0 Å². The molecule has 0 spiro atoms. The molecule has 0 bridgehead atoms. The van der Waals surface area contributed by atoms with Gasteiger partial charge in [-0.1, -0.05) is 0 Å². The minimum absolute atomic E-state index is 0.0532. The van der Waals surface area contributed by atoms with Gasteiger partial charge in [0.25, 0.3) is 11.6 Å². The van der Waals surface area contributed by atoms with Crippen molar-refractivity contribution in [3.63, 3.8) is 0 Å². The summed E-state index contributed by atoms with van der Waals surface area (Å²) in [6.45, 7) is 4.43. The first kappa shape index (κ1) is 24.7. The molecule has 4 aromatic rings. The van der Waals surface area contributed by atoms with E-state index in [1.165, 1.54) is 12.1 Å². The number of carbonyl (C=O) groups excluding carboxylic acids is 2. The summed E-state index contributed by atoms with van der Waals surface area (Å²) < 4.78 is 10.6. The van der Waals surface area contributed by atoms with E-state index in [0.717, 1.165) is 11.3 Å². The number of fused-ring (bicyclic) bond motifs is 1. The van der Waals surface area contributed by atoms with Gasteiger partial charge in [-0.05, 0) is 80.1 Å². The summed E-state index contributed by atoms with van der Waals surface area (Å²) in [5.74, 6) is -0.0439. The molecule has 1 N–H and O–H groups in total. The molecular formula is C28H24N4O6. The Morgan fingerprint density at radius 2 is 1.68 bits per heavy atom. The molecule has 5 rings (SSSR count). The molecule has 38 heavy (non-hydrogen) atoms. The summed E-state index contributed by atoms with van der Waals surface area (Å²) in [6.07, 6.45) is 0. The Kier molecular flexibility index (Phi) is 6.61. The summed E-state index contributed by atoms with van der Waals surface area (Å²) in [4.78, 5) is 38.2. The van der Waals surface area contributed by atoms with Crippen molar-refractivity contribution in [1.82, 2.24) is 10.2 Å². The third-order valence-electron chi connectivity index (χ3n) is 6.28. The maximum Gasteiger partial charge on any atom is 0.338 e. The van der Waals surface area contributed by atoms with Crippen LogP contribution >= 0.6 is 0 Å². The van der Waals surface area contributed by atoms with Crippen molar-refractivity contribution in [3.05, 3.63) is 105 Å². The minimum atomic E-state index is -0.618. The fourth-order valence-electron chi connectivity index (χ4n) is 4.58. The topological polar surface area (TPSA) is 128 Å². The van der Waals surface area contributed by atoms with Crippen LogP contribution in [0.5, 0.6) is 5.75 Å². The fraction of sp³-hybridized carbons (Fsp3) is 0.179. The number of nitro benzene ring substituents is 1. The van der Waals surface area contributed by atoms with Crippen LogP contribution in [0.15, 0.2) is 72.8 Å². The number of carbonyl (C=O) groups is 2. The normalized spacial score (nSPS) is 14.3. The number of nitro groups is 1. The zero-order valence-electron chi connectivity index (χ0n) is 20.7. The monoisotopic (exact) mass is 512 g/mol. The first-order valence-electron chi connectivity index (χ1n) is 12.1. The Morgan fingerprint density at radius 3 is 2.29 bits per heavy atom. The molecule has 0 fully saturated rings. The third-order valence-corrected chi connectivity index (χ3v) is 6.28. The molecule has 1 aliphatic heterocycles. The van der Waals surface area contributed by atoms with E-state index >= 15 is 0 Å². The predicted octanol–water partition coefficient (Wildman–Crippen LogP) is 5.31. The zero-order valence-corrected chi connectivity index (χ0v) is 20.7. The number of nitrogens with zero attached hydrogens (tertiary/aromatic N) is 3. The largest absolute Gasteiger partial charge is 0.494 e. The van der Waals surface area contributed by atoms with E-state index < -0.39 is 16.9 Å². The van der Waals surface area contributed by atoms with Crippen molar-refractivity contribution in [2.45, 2.75) is 19.9 Å². The summed E-state index contributed by atoms with van der Waals surface area (Å²) in [6, 6.07) is 19.5. The molecule has 1 aromatic heterocycles. The van der Waals surface area contributed by atoms with E-state index in [1.807, 2.05) is 31.2 Å². The van der Waals surface area contributed by atoms with Crippen LogP contribution in [0.4, 0.5) is 11.4 Å². The number of ether oxygens (including phenoxy) is 2. The number of nitrogens with one attached hydrogen (secondary N) is 1. The number of amides is 1. The molecule has 3 aromatic carbocycles. The van der Waals surface area contributed by atoms with Crippen LogP contribution in [-0.2, 0) is 4.74 Å². The number of esters is 1. The Hall–Kier alpha value is -4.99. The number of hydrogen-bond donors (Lipinski definition) is 1. The van der Waals surface area contributed by atoms with Gasteiger partial charge >= 0.3 is 5.97 Å². The van der Waals surface area contributed by atoms with Gasteiger partial charge in [0.05, 0.1) is 35.4 Å². The molecule has 2 heterocycles. The summed E-state index contributed by atoms with van der Waals surface area (Å²) in [7, 11) is 0. The Balaban J connectivity index is 1.61. The molecule has 1 amide bonds. The van der Waals surface area contributed by atoms with E-state index in [9.17, 15) is 19.7 Å². The highest BCUT2D eigenvalue weighted by molar-refractivity contribution is 6.12. The lowest BCUT2D eigenvalue weighted by Crippen LogP contribution is -2.29. The molecule has 1 atom stereocenters. The lowest BCUT2D eigenvalue weighted by Gasteiger charge is -2.26. The van der Waals surface area contributed by atoms with Crippen molar-refractivity contribution < 1.29 is 24.0 Å². The van der Waals surface area contributed by atoms with Crippen molar-refractivity contribution in [2.24, 2.45) is 0 Å². The van der Waals surface area contributed by atoms with Crippen LogP contribution in [0, 0.1) is 10.1 Å². The quantitative estimate of drug-likeness (QED) is 0.192. The lowest BCUT2D eigenvalue weighted by molar-refractivity contribution is -0.384. The molecular weight excluding hydrogens is 488 g/mol. The number of H-pyrrole nitrogens is 1. The van der Waals surface area contributed by atoms with Crippen LogP contribution in [0.3, 0.4) is 0 Å². The number of aromatic nitrogens is 2. The molecule has 1 aliphatic rings. The highest BCUT2D eigenvalue weighted by atomic mass is 16.6. The number of aromatic amines is 1. The van der Waals surface area contributed by atoms with Crippen molar-refractivity contribution in [3.8, 4) is 17.0 Å². The number of anilines is 1. The highest BCUT2D eigenvalue weighted by Crippen LogP contribution is 2.45. The molecule has 0 saturated carbocycles. The van der Waals surface area contributed by atoms with Crippen LogP contribution < -0.4 is 9.64 Å². The number of non-ortho nitro benzene ring substituents is 1. The number of benzene rings is 3. The van der Waals surface area contributed by atoms with E-state index in [0.29, 0.717) is 40.4 Å². The van der Waals surface area contributed by atoms with E-state index in [1.54, 1.807) is 48.2 Å². The zero-order chi connectivity index (χ0) is 26.8. The molecule has 0 unspecified atom stereocenters. The second-order valence-electron chi connectivity index (χ2n) is 8.51. The Morgan fingerprint density at radius 1 is 1.00 bits per heavy atom. The molecule has 10 nitrogen and oxygen atoms in total. The van der Waals surface area contributed by atoms with E-state index in [4.69, 9.17) is 9.47 Å². The number of rotatable bonds is 8. The van der Waals surface area contributed by atoms with Crippen molar-refractivity contribution in [1.29, 1.82) is 0 Å². The average molecular weight is 513 g/mol. The van der Waals surface area contributed by atoms with Gasteiger partial charge < -0.3 is 9.47 Å². The van der Waals surface area contributed by atoms with Crippen molar-refractivity contribution in [2.75, 3.05) is 18.1 Å². The van der Waals surface area contributed by atoms with E-state index in [-0.39, 0.29) is 18.2 Å². The van der Waals surface area contributed by atoms with Gasteiger partial charge in [-0.25, -0.2) is 4.79 Å². The second-order valence-corrected chi connectivity index (χ2v) is 8.51. The van der Waals surface area contributed by atoms with Crippen LogP contribution in [-0.4, -0.2) is 40.2 Å². The molecule has 192 valence electrons.